The molecule has 0 amide bonds. The van der Waals surface area contributed by atoms with E-state index in [0.29, 0.717) is 21.9 Å². The van der Waals surface area contributed by atoms with Crippen LogP contribution in [0.1, 0.15) is 42.4 Å². The van der Waals surface area contributed by atoms with E-state index in [1.54, 1.807) is 12.1 Å². The molecule has 0 saturated heterocycles. The lowest BCUT2D eigenvalue weighted by atomic mass is 9.95. The Balaban J connectivity index is 1.85. The molecule has 0 spiro atoms. The molecule has 2 aliphatic carbocycles. The van der Waals surface area contributed by atoms with Gasteiger partial charge in [-0.2, -0.15) is 10.2 Å². The number of hydrogen-bond acceptors (Lipinski definition) is 2. The first-order chi connectivity index (χ1) is 9.22. The van der Waals surface area contributed by atoms with Gasteiger partial charge in [0, 0.05) is 16.5 Å². The van der Waals surface area contributed by atoms with Crippen molar-refractivity contribution in [3.05, 3.63) is 45.6 Å². The maximum absolute atomic E-state index is 6.23. The van der Waals surface area contributed by atoms with Gasteiger partial charge < -0.3 is 0 Å². The summed E-state index contributed by atoms with van der Waals surface area (Å²) in [5.74, 6) is 1.31. The van der Waals surface area contributed by atoms with Crippen molar-refractivity contribution in [3.8, 4) is 11.3 Å². The monoisotopic (exact) mass is 290 g/mol. The Hall–Kier alpha value is -1.12. The van der Waals surface area contributed by atoms with E-state index in [2.05, 4.69) is 16.3 Å². The Morgan fingerprint density at radius 3 is 2.74 bits per heavy atom. The van der Waals surface area contributed by atoms with E-state index < -0.39 is 0 Å². The second kappa shape index (κ2) is 4.19. The SMILES string of the molecule is Clc1ccc(Cl)c(-c2cc3c(nn2)C2CCC3C2)c1. The minimum atomic E-state index is 0.636. The van der Waals surface area contributed by atoms with Gasteiger partial charge in [-0.15, -0.1) is 0 Å². The van der Waals surface area contributed by atoms with Gasteiger partial charge in [-0.25, -0.2) is 0 Å². The minimum absolute atomic E-state index is 0.636. The Labute approximate surface area is 121 Å². The van der Waals surface area contributed by atoms with Crippen LogP contribution in [-0.2, 0) is 0 Å². The van der Waals surface area contributed by atoms with Crippen LogP contribution in [0.3, 0.4) is 0 Å². The molecule has 0 aliphatic heterocycles. The molecule has 2 atom stereocenters. The molecule has 1 aromatic carbocycles. The lowest BCUT2D eigenvalue weighted by Gasteiger charge is -2.14. The van der Waals surface area contributed by atoms with Gasteiger partial charge in [0.1, 0.15) is 0 Å². The predicted molar refractivity (Wildman–Crippen MR) is 76.8 cm³/mol. The predicted octanol–water partition coefficient (Wildman–Crippen LogP) is 4.82. The standard InChI is InChI=1S/C15H12Cl2N2/c16-10-3-4-13(17)12(6-10)14-7-11-8-1-2-9(5-8)15(11)19-18-14/h3-4,6-9H,1-2,5H2. The molecule has 1 heterocycles. The summed E-state index contributed by atoms with van der Waals surface area (Å²) in [6.45, 7) is 0. The van der Waals surface area contributed by atoms with Crippen molar-refractivity contribution in [1.29, 1.82) is 0 Å². The molecule has 2 aliphatic rings. The van der Waals surface area contributed by atoms with E-state index >= 15 is 0 Å². The lowest BCUT2D eigenvalue weighted by Crippen LogP contribution is -2.03. The van der Waals surface area contributed by atoms with Gasteiger partial charge in [0.2, 0.25) is 0 Å². The second-order valence-corrected chi connectivity index (χ2v) is 6.24. The van der Waals surface area contributed by atoms with Crippen LogP contribution in [0.4, 0.5) is 0 Å². The van der Waals surface area contributed by atoms with Crippen LogP contribution in [-0.4, -0.2) is 10.2 Å². The Morgan fingerprint density at radius 1 is 1.00 bits per heavy atom. The number of benzene rings is 1. The van der Waals surface area contributed by atoms with Gasteiger partial charge in [-0.1, -0.05) is 23.2 Å². The van der Waals surface area contributed by atoms with Crippen LogP contribution in [0.5, 0.6) is 0 Å². The fraction of sp³-hybridized carbons (Fsp3) is 0.333. The third-order valence-electron chi connectivity index (χ3n) is 4.32. The van der Waals surface area contributed by atoms with Crippen LogP contribution >= 0.6 is 23.2 Å². The van der Waals surface area contributed by atoms with Crippen LogP contribution in [0.25, 0.3) is 11.3 Å². The Kier molecular flexibility index (Phi) is 2.58. The van der Waals surface area contributed by atoms with Gasteiger partial charge >= 0.3 is 0 Å². The van der Waals surface area contributed by atoms with E-state index in [1.165, 1.54) is 30.5 Å². The topological polar surface area (TPSA) is 25.8 Å². The van der Waals surface area contributed by atoms with E-state index in [1.807, 2.05) is 6.07 Å². The first kappa shape index (κ1) is 11.7. The summed E-state index contributed by atoms with van der Waals surface area (Å²) in [7, 11) is 0. The van der Waals surface area contributed by atoms with Crippen LogP contribution in [0.2, 0.25) is 10.0 Å². The zero-order valence-corrected chi connectivity index (χ0v) is 11.7. The summed E-state index contributed by atoms with van der Waals surface area (Å²) in [5, 5.41) is 10.1. The molecule has 4 heteroatoms. The molecular formula is C15H12Cl2N2. The molecule has 1 fully saturated rings. The van der Waals surface area contributed by atoms with Gasteiger partial charge in [0.25, 0.3) is 0 Å². The number of fused-ring (bicyclic) bond motifs is 5. The number of hydrogen-bond donors (Lipinski definition) is 0. The number of nitrogens with zero attached hydrogens (tertiary/aromatic N) is 2. The maximum atomic E-state index is 6.23. The van der Waals surface area contributed by atoms with Gasteiger partial charge in [-0.3, -0.25) is 0 Å². The first-order valence-corrected chi connectivity index (χ1v) is 7.31. The van der Waals surface area contributed by atoms with Gasteiger partial charge in [0.15, 0.2) is 0 Å². The molecule has 2 bridgehead atoms. The summed E-state index contributed by atoms with van der Waals surface area (Å²) < 4.78 is 0. The zero-order chi connectivity index (χ0) is 13.0. The van der Waals surface area contributed by atoms with Crippen molar-refractivity contribution in [2.45, 2.75) is 31.1 Å². The summed E-state index contributed by atoms with van der Waals surface area (Å²) in [6, 6.07) is 7.60. The number of halogens is 2. The minimum Gasteiger partial charge on any atom is -0.154 e. The normalized spacial score (nSPS) is 23.7. The molecule has 1 saturated carbocycles. The molecule has 2 nitrogen and oxygen atoms in total. The quantitative estimate of drug-likeness (QED) is 0.753. The largest absolute Gasteiger partial charge is 0.154 e. The Morgan fingerprint density at radius 2 is 1.84 bits per heavy atom. The van der Waals surface area contributed by atoms with Crippen molar-refractivity contribution < 1.29 is 0 Å². The zero-order valence-electron chi connectivity index (χ0n) is 10.2. The highest BCUT2D eigenvalue weighted by molar-refractivity contribution is 6.35. The van der Waals surface area contributed by atoms with Gasteiger partial charge in [-0.05, 0) is 55.0 Å². The molecule has 4 rings (SSSR count). The van der Waals surface area contributed by atoms with Crippen molar-refractivity contribution in [2.75, 3.05) is 0 Å². The lowest BCUT2D eigenvalue weighted by molar-refractivity contribution is 0.681. The third kappa shape index (κ3) is 1.78. The molecule has 2 unspecified atom stereocenters. The van der Waals surface area contributed by atoms with E-state index in [9.17, 15) is 0 Å². The summed E-state index contributed by atoms with van der Waals surface area (Å²) in [4.78, 5) is 0. The highest BCUT2D eigenvalue weighted by atomic mass is 35.5. The van der Waals surface area contributed by atoms with Crippen LogP contribution in [0, 0.1) is 0 Å². The van der Waals surface area contributed by atoms with Gasteiger partial charge in [0.05, 0.1) is 16.4 Å². The summed E-state index contributed by atoms with van der Waals surface area (Å²) in [5.41, 5.74) is 4.28. The number of aromatic nitrogens is 2. The number of rotatable bonds is 1. The molecular weight excluding hydrogens is 279 g/mol. The average molecular weight is 291 g/mol. The second-order valence-electron chi connectivity index (χ2n) is 5.40. The first-order valence-electron chi connectivity index (χ1n) is 6.55. The molecule has 2 aromatic rings. The Bertz CT molecular complexity index is 669. The maximum Gasteiger partial charge on any atom is 0.0948 e. The molecule has 1 aromatic heterocycles. The average Bonchev–Trinajstić information content (AvgIpc) is 3.03. The fourth-order valence-electron chi connectivity index (χ4n) is 3.40. The van der Waals surface area contributed by atoms with Crippen molar-refractivity contribution >= 4 is 23.2 Å². The van der Waals surface area contributed by atoms with Crippen molar-refractivity contribution in [2.24, 2.45) is 0 Å². The molecule has 19 heavy (non-hydrogen) atoms. The van der Waals surface area contributed by atoms with Crippen LogP contribution in [0.15, 0.2) is 24.3 Å². The van der Waals surface area contributed by atoms with Crippen LogP contribution < -0.4 is 0 Å². The smallest absolute Gasteiger partial charge is 0.0948 e. The van der Waals surface area contributed by atoms with Crippen molar-refractivity contribution in [1.82, 2.24) is 10.2 Å². The van der Waals surface area contributed by atoms with E-state index in [0.717, 1.165) is 11.3 Å². The molecule has 0 N–H and O–H groups in total. The van der Waals surface area contributed by atoms with E-state index in [4.69, 9.17) is 23.2 Å². The highest BCUT2D eigenvalue weighted by Crippen LogP contribution is 2.52. The summed E-state index contributed by atoms with van der Waals surface area (Å²) in [6.07, 6.45) is 3.80. The molecule has 0 radical (unpaired) electrons. The van der Waals surface area contributed by atoms with Crippen molar-refractivity contribution in [3.63, 3.8) is 0 Å². The fourth-order valence-corrected chi connectivity index (χ4v) is 3.78. The third-order valence-corrected chi connectivity index (χ3v) is 4.88. The molecule has 96 valence electrons. The summed E-state index contributed by atoms with van der Waals surface area (Å²) >= 11 is 12.3. The van der Waals surface area contributed by atoms with E-state index in [-0.39, 0.29) is 0 Å². The highest BCUT2D eigenvalue weighted by Gasteiger charge is 2.38.